The third-order valence-electron chi connectivity index (χ3n) is 4.54. The summed E-state index contributed by atoms with van der Waals surface area (Å²) in [7, 11) is 0. The predicted octanol–water partition coefficient (Wildman–Crippen LogP) is 2.75. The van der Waals surface area contributed by atoms with Gasteiger partial charge in [-0.2, -0.15) is 5.10 Å². The summed E-state index contributed by atoms with van der Waals surface area (Å²) in [4.78, 5) is 24.5. The SMILES string of the molecule is O=C1C[C@@H](C(=O)NCc2ccc(-n3cccn3)cc2)c2cc(F)ccc2N1. The number of hydrogen-bond donors (Lipinski definition) is 2. The highest BCUT2D eigenvalue weighted by Crippen LogP contribution is 2.32. The van der Waals surface area contributed by atoms with Crippen LogP contribution in [0.25, 0.3) is 5.69 Å². The number of anilines is 1. The maximum atomic E-state index is 13.6. The molecule has 0 fully saturated rings. The Kier molecular flexibility index (Phi) is 4.42. The average Bonchev–Trinajstić information content (AvgIpc) is 3.21. The molecule has 2 heterocycles. The van der Waals surface area contributed by atoms with Gasteiger partial charge in [0.1, 0.15) is 5.82 Å². The van der Waals surface area contributed by atoms with Crippen molar-refractivity contribution in [1.29, 1.82) is 0 Å². The Balaban J connectivity index is 1.45. The van der Waals surface area contributed by atoms with Gasteiger partial charge in [-0.25, -0.2) is 9.07 Å². The van der Waals surface area contributed by atoms with Gasteiger partial charge in [-0.1, -0.05) is 12.1 Å². The molecular formula is C20H17FN4O2. The van der Waals surface area contributed by atoms with Crippen molar-refractivity contribution >= 4 is 17.5 Å². The number of nitrogens with one attached hydrogen (secondary N) is 2. The van der Waals surface area contributed by atoms with E-state index in [2.05, 4.69) is 15.7 Å². The van der Waals surface area contributed by atoms with Crippen LogP contribution in [0, 0.1) is 5.82 Å². The first-order valence-corrected chi connectivity index (χ1v) is 8.56. The minimum atomic E-state index is -0.701. The Morgan fingerprint density at radius 3 is 2.81 bits per heavy atom. The molecule has 3 aromatic rings. The quantitative estimate of drug-likeness (QED) is 0.747. The van der Waals surface area contributed by atoms with E-state index in [9.17, 15) is 14.0 Å². The first-order valence-electron chi connectivity index (χ1n) is 8.56. The topological polar surface area (TPSA) is 76.0 Å². The summed E-state index contributed by atoms with van der Waals surface area (Å²) in [5, 5.41) is 9.68. The van der Waals surface area contributed by atoms with Crippen molar-refractivity contribution in [2.45, 2.75) is 18.9 Å². The second-order valence-corrected chi connectivity index (χ2v) is 6.37. The molecule has 0 bridgehead atoms. The van der Waals surface area contributed by atoms with E-state index in [0.717, 1.165) is 11.3 Å². The zero-order valence-electron chi connectivity index (χ0n) is 14.4. The molecule has 0 unspecified atom stereocenters. The van der Waals surface area contributed by atoms with Gasteiger partial charge < -0.3 is 10.6 Å². The van der Waals surface area contributed by atoms with Crippen molar-refractivity contribution in [3.8, 4) is 5.69 Å². The summed E-state index contributed by atoms with van der Waals surface area (Å²) < 4.78 is 15.3. The van der Waals surface area contributed by atoms with Crippen molar-refractivity contribution < 1.29 is 14.0 Å². The minimum Gasteiger partial charge on any atom is -0.351 e. The summed E-state index contributed by atoms with van der Waals surface area (Å²) in [6.07, 6.45) is 3.55. The van der Waals surface area contributed by atoms with Gasteiger partial charge in [-0.15, -0.1) is 0 Å². The van der Waals surface area contributed by atoms with E-state index < -0.39 is 11.7 Å². The number of aromatic nitrogens is 2. The molecule has 2 N–H and O–H groups in total. The van der Waals surface area contributed by atoms with Crippen LogP contribution in [0.1, 0.15) is 23.5 Å². The number of hydrogen-bond acceptors (Lipinski definition) is 3. The van der Waals surface area contributed by atoms with Crippen LogP contribution in [0.15, 0.2) is 60.9 Å². The molecule has 2 amide bonds. The molecule has 0 aliphatic carbocycles. The highest BCUT2D eigenvalue weighted by molar-refractivity contribution is 6.01. The molecule has 1 aromatic heterocycles. The molecule has 6 nitrogen and oxygen atoms in total. The molecule has 1 aliphatic heterocycles. The Morgan fingerprint density at radius 1 is 1.26 bits per heavy atom. The molecule has 0 saturated heterocycles. The lowest BCUT2D eigenvalue weighted by molar-refractivity contribution is -0.126. The van der Waals surface area contributed by atoms with E-state index >= 15 is 0 Å². The lowest BCUT2D eigenvalue weighted by Crippen LogP contribution is -2.34. The highest BCUT2D eigenvalue weighted by Gasteiger charge is 2.30. The Hall–Kier alpha value is -3.48. The van der Waals surface area contributed by atoms with Crippen LogP contribution in [0.4, 0.5) is 10.1 Å². The van der Waals surface area contributed by atoms with E-state index in [1.807, 2.05) is 36.5 Å². The predicted molar refractivity (Wildman–Crippen MR) is 97.8 cm³/mol. The molecule has 4 rings (SSSR count). The van der Waals surface area contributed by atoms with Crippen LogP contribution in [-0.2, 0) is 16.1 Å². The molecule has 1 aliphatic rings. The maximum Gasteiger partial charge on any atom is 0.228 e. The van der Waals surface area contributed by atoms with Gasteiger partial charge in [-0.05, 0) is 47.5 Å². The first kappa shape index (κ1) is 17.0. The molecule has 136 valence electrons. The maximum absolute atomic E-state index is 13.6. The van der Waals surface area contributed by atoms with Crippen LogP contribution < -0.4 is 10.6 Å². The van der Waals surface area contributed by atoms with Crippen LogP contribution in [0.5, 0.6) is 0 Å². The highest BCUT2D eigenvalue weighted by atomic mass is 19.1. The van der Waals surface area contributed by atoms with Gasteiger partial charge in [0.25, 0.3) is 0 Å². The second-order valence-electron chi connectivity index (χ2n) is 6.37. The largest absolute Gasteiger partial charge is 0.351 e. The van der Waals surface area contributed by atoms with E-state index in [1.54, 1.807) is 10.9 Å². The van der Waals surface area contributed by atoms with Crippen molar-refractivity contribution in [2.24, 2.45) is 0 Å². The summed E-state index contributed by atoms with van der Waals surface area (Å²) in [6, 6.07) is 13.5. The van der Waals surface area contributed by atoms with E-state index in [-0.39, 0.29) is 18.2 Å². The average molecular weight is 364 g/mol. The van der Waals surface area contributed by atoms with Gasteiger partial charge in [0.2, 0.25) is 11.8 Å². The van der Waals surface area contributed by atoms with Crippen molar-refractivity contribution in [1.82, 2.24) is 15.1 Å². The van der Waals surface area contributed by atoms with E-state index in [1.165, 1.54) is 18.2 Å². The zero-order valence-corrected chi connectivity index (χ0v) is 14.4. The number of amides is 2. The van der Waals surface area contributed by atoms with Crippen LogP contribution >= 0.6 is 0 Å². The van der Waals surface area contributed by atoms with E-state index in [0.29, 0.717) is 17.8 Å². The first-order chi connectivity index (χ1) is 13.1. The van der Waals surface area contributed by atoms with Gasteiger partial charge in [-0.3, -0.25) is 9.59 Å². The summed E-state index contributed by atoms with van der Waals surface area (Å²) >= 11 is 0. The minimum absolute atomic E-state index is 0.000519. The number of halogens is 1. The molecule has 0 radical (unpaired) electrons. The lowest BCUT2D eigenvalue weighted by Gasteiger charge is -2.25. The number of carbonyl (C=O) groups is 2. The van der Waals surface area contributed by atoms with E-state index in [4.69, 9.17) is 0 Å². The smallest absolute Gasteiger partial charge is 0.228 e. The molecule has 7 heteroatoms. The fraction of sp³-hybridized carbons (Fsp3) is 0.150. The Bertz CT molecular complexity index is 984. The number of rotatable bonds is 4. The third kappa shape index (κ3) is 3.57. The van der Waals surface area contributed by atoms with Crippen molar-refractivity contribution in [2.75, 3.05) is 5.32 Å². The van der Waals surface area contributed by atoms with Gasteiger partial charge in [0.05, 0.1) is 11.6 Å². The fourth-order valence-corrected chi connectivity index (χ4v) is 3.17. The molecule has 1 atom stereocenters. The molecule has 2 aromatic carbocycles. The Morgan fingerprint density at radius 2 is 2.07 bits per heavy atom. The summed E-state index contributed by atoms with van der Waals surface area (Å²) in [5.41, 5.74) is 2.82. The third-order valence-corrected chi connectivity index (χ3v) is 4.54. The standard InChI is InChI=1S/C20H17FN4O2/c21-14-4-7-18-16(10-14)17(11-19(26)24-18)20(27)22-12-13-2-5-15(6-3-13)25-9-1-8-23-25/h1-10,17H,11-12H2,(H,22,27)(H,24,26)/t17-/m1/s1. The summed E-state index contributed by atoms with van der Waals surface area (Å²) in [6.45, 7) is 0.320. The summed E-state index contributed by atoms with van der Waals surface area (Å²) in [5.74, 6) is -1.68. The zero-order chi connectivity index (χ0) is 18.8. The van der Waals surface area contributed by atoms with Crippen molar-refractivity contribution in [3.63, 3.8) is 0 Å². The lowest BCUT2D eigenvalue weighted by atomic mass is 9.89. The molecule has 0 saturated carbocycles. The second kappa shape index (κ2) is 7.03. The van der Waals surface area contributed by atoms with Crippen molar-refractivity contribution in [3.05, 3.63) is 77.9 Å². The number of nitrogens with zero attached hydrogens (tertiary/aromatic N) is 2. The Labute approximate surface area is 155 Å². The molecular weight excluding hydrogens is 347 g/mol. The normalized spacial score (nSPS) is 15.7. The number of benzene rings is 2. The van der Waals surface area contributed by atoms with Gasteiger partial charge in [0.15, 0.2) is 0 Å². The fourth-order valence-electron chi connectivity index (χ4n) is 3.17. The van der Waals surface area contributed by atoms with Gasteiger partial charge >= 0.3 is 0 Å². The number of carbonyl (C=O) groups excluding carboxylic acids is 2. The monoisotopic (exact) mass is 364 g/mol. The van der Waals surface area contributed by atoms with Gasteiger partial charge in [0, 0.05) is 31.0 Å². The number of fused-ring (bicyclic) bond motifs is 1. The molecule has 0 spiro atoms. The van der Waals surface area contributed by atoms with Crippen LogP contribution in [0.3, 0.4) is 0 Å². The molecule has 27 heavy (non-hydrogen) atoms. The van der Waals surface area contributed by atoms with Crippen LogP contribution in [-0.4, -0.2) is 21.6 Å². The van der Waals surface area contributed by atoms with Crippen LogP contribution in [0.2, 0.25) is 0 Å².